The molecule has 0 unspecified atom stereocenters. The van der Waals surface area contributed by atoms with Gasteiger partial charge in [0.1, 0.15) is 0 Å². The van der Waals surface area contributed by atoms with E-state index in [1.807, 2.05) is 36.4 Å². The largest absolute Gasteiger partial charge is 0.446 e. The summed E-state index contributed by atoms with van der Waals surface area (Å²) in [6, 6.07) is 16.2. The maximum atomic E-state index is 5.76. The summed E-state index contributed by atoms with van der Waals surface area (Å²) in [5, 5.41) is 0. The van der Waals surface area contributed by atoms with Crippen molar-refractivity contribution in [1.82, 2.24) is 0 Å². The minimum atomic E-state index is 0.955. The van der Waals surface area contributed by atoms with E-state index in [1.165, 1.54) is 9.79 Å². The molecule has 1 radical (unpaired) electrons. The van der Waals surface area contributed by atoms with E-state index in [0.29, 0.717) is 0 Å². The van der Waals surface area contributed by atoms with Gasteiger partial charge in [0.2, 0.25) is 0 Å². The maximum absolute atomic E-state index is 5.76. The summed E-state index contributed by atoms with van der Waals surface area (Å²) in [5.74, 6) is 1.91. The van der Waals surface area contributed by atoms with Crippen molar-refractivity contribution < 1.29 is 4.74 Å². The zero-order chi connectivity index (χ0) is 9.38. The van der Waals surface area contributed by atoms with Gasteiger partial charge in [0, 0.05) is 12.1 Å². The third kappa shape index (κ3) is 1.19. The molecule has 14 heavy (non-hydrogen) atoms. The summed E-state index contributed by atoms with van der Waals surface area (Å²) in [4.78, 5) is 2.37. The van der Waals surface area contributed by atoms with E-state index < -0.39 is 0 Å². The van der Waals surface area contributed by atoms with Gasteiger partial charge in [-0.05, 0) is 12.1 Å². The molecule has 2 heteroatoms. The van der Waals surface area contributed by atoms with E-state index in [2.05, 4.69) is 12.1 Å². The summed E-state index contributed by atoms with van der Waals surface area (Å²) in [5.41, 5.74) is 0. The fraction of sp³-hybridized carbons (Fsp3) is 0. The zero-order valence-corrected chi connectivity index (χ0v) is 8.25. The van der Waals surface area contributed by atoms with E-state index >= 15 is 0 Å². The molecule has 67 valence electrons. The Kier molecular flexibility index (Phi) is 1.74. The Balaban J connectivity index is 2.12. The lowest BCUT2D eigenvalue weighted by molar-refractivity contribution is 0.454. The van der Waals surface area contributed by atoms with Gasteiger partial charge < -0.3 is 4.74 Å². The van der Waals surface area contributed by atoms with E-state index in [0.717, 1.165) is 11.5 Å². The predicted octanol–water partition coefficient (Wildman–Crippen LogP) is 3.29. The second-order valence-electron chi connectivity index (χ2n) is 3.10. The highest BCUT2D eigenvalue weighted by molar-refractivity contribution is 7.79. The molecule has 1 heterocycles. The van der Waals surface area contributed by atoms with Crippen LogP contribution in [0.3, 0.4) is 0 Å². The van der Waals surface area contributed by atoms with Crippen molar-refractivity contribution in [3.63, 3.8) is 0 Å². The van der Waals surface area contributed by atoms with Crippen LogP contribution >= 0.6 is 0 Å². The summed E-state index contributed by atoms with van der Waals surface area (Å²) < 4.78 is 5.76. The molecule has 0 aliphatic carbocycles. The number of hydrogen-bond acceptors (Lipinski definition) is 2. The fourth-order valence-corrected chi connectivity index (χ4v) is 2.43. The van der Waals surface area contributed by atoms with Crippen LogP contribution in [0.1, 0.15) is 0 Å². The van der Waals surface area contributed by atoms with Gasteiger partial charge in [-0.2, -0.15) is 0 Å². The summed E-state index contributed by atoms with van der Waals surface area (Å²) in [6.45, 7) is 0. The number of fused-ring (bicyclic) bond motifs is 2. The van der Waals surface area contributed by atoms with Crippen LogP contribution in [0.2, 0.25) is 0 Å². The normalized spacial score (nSPS) is 12.6. The van der Waals surface area contributed by atoms with Gasteiger partial charge in [-0.1, -0.05) is 24.3 Å². The Morgan fingerprint density at radius 3 is 1.79 bits per heavy atom. The first kappa shape index (κ1) is 7.94. The lowest BCUT2D eigenvalue weighted by atomic mass is 10.3. The quantitative estimate of drug-likeness (QED) is 0.515. The molecule has 0 aromatic heterocycles. The molecule has 0 atom stereocenters. The molecule has 0 bridgehead atoms. The maximum Gasteiger partial charge on any atom is 0.292 e. The van der Waals surface area contributed by atoms with Gasteiger partial charge in [0.05, 0.1) is 0 Å². The van der Waals surface area contributed by atoms with E-state index in [9.17, 15) is 0 Å². The zero-order valence-electron chi connectivity index (χ0n) is 7.44. The molecular formula is C12H8OS+. The number of benzene rings is 2. The first-order chi connectivity index (χ1) is 6.93. The molecule has 0 spiro atoms. The van der Waals surface area contributed by atoms with Crippen LogP contribution in [0.4, 0.5) is 0 Å². The van der Waals surface area contributed by atoms with Crippen LogP contribution in [0.5, 0.6) is 11.5 Å². The summed E-state index contributed by atoms with van der Waals surface area (Å²) in [6.07, 6.45) is 0. The Hall–Kier alpha value is -1.41. The van der Waals surface area contributed by atoms with Gasteiger partial charge in [-0.15, -0.1) is 0 Å². The average Bonchev–Trinajstić information content (AvgIpc) is 2.26. The molecule has 1 aliphatic rings. The van der Waals surface area contributed by atoms with Crippen molar-refractivity contribution >= 4 is 11.8 Å². The third-order valence-corrected chi connectivity index (χ3v) is 3.25. The summed E-state index contributed by atoms with van der Waals surface area (Å²) >= 11 is 1.76. The van der Waals surface area contributed by atoms with Crippen LogP contribution < -0.4 is 4.74 Å². The molecular weight excluding hydrogens is 192 g/mol. The van der Waals surface area contributed by atoms with Crippen LogP contribution in [0.25, 0.3) is 0 Å². The molecule has 0 fully saturated rings. The highest BCUT2D eigenvalue weighted by atomic mass is 32.2. The lowest BCUT2D eigenvalue weighted by Gasteiger charge is -2.09. The van der Waals surface area contributed by atoms with Crippen molar-refractivity contribution in [1.29, 1.82) is 0 Å². The van der Waals surface area contributed by atoms with E-state index in [1.54, 1.807) is 11.8 Å². The van der Waals surface area contributed by atoms with Crippen LogP contribution in [-0.4, -0.2) is 0 Å². The lowest BCUT2D eigenvalue weighted by Crippen LogP contribution is -1.99. The Bertz CT molecular complexity index is 392. The van der Waals surface area contributed by atoms with E-state index in [-0.39, 0.29) is 0 Å². The van der Waals surface area contributed by atoms with Gasteiger partial charge in [-0.25, -0.2) is 0 Å². The molecule has 0 amide bonds. The third-order valence-electron chi connectivity index (χ3n) is 2.14. The Morgan fingerprint density at radius 2 is 1.21 bits per heavy atom. The second-order valence-corrected chi connectivity index (χ2v) is 4.18. The van der Waals surface area contributed by atoms with Crippen LogP contribution in [-0.2, 0) is 11.8 Å². The molecule has 1 nitrogen and oxygen atoms in total. The standard InChI is InChI=1S/C12H8OS/c1-3-7-11-9(5-1)13-10-6-2-4-8-12(10)14-11/h1-8H/q+1. The highest BCUT2D eigenvalue weighted by Gasteiger charge is 2.29. The molecule has 3 rings (SSSR count). The highest BCUT2D eigenvalue weighted by Crippen LogP contribution is 2.37. The van der Waals surface area contributed by atoms with Gasteiger partial charge in [0.25, 0.3) is 21.6 Å². The van der Waals surface area contributed by atoms with Gasteiger partial charge in [-0.3, -0.25) is 0 Å². The molecule has 0 saturated carbocycles. The van der Waals surface area contributed by atoms with Gasteiger partial charge >= 0.3 is 0 Å². The van der Waals surface area contributed by atoms with Crippen molar-refractivity contribution in [2.24, 2.45) is 0 Å². The number of ether oxygens (including phenoxy) is 1. The predicted molar refractivity (Wildman–Crippen MR) is 56.9 cm³/mol. The first-order valence-electron chi connectivity index (χ1n) is 4.47. The second kappa shape index (κ2) is 3.07. The van der Waals surface area contributed by atoms with Gasteiger partial charge in [0.15, 0.2) is 11.5 Å². The van der Waals surface area contributed by atoms with Crippen molar-refractivity contribution in [2.45, 2.75) is 9.79 Å². The van der Waals surface area contributed by atoms with E-state index in [4.69, 9.17) is 4.74 Å². The summed E-state index contributed by atoms with van der Waals surface area (Å²) in [7, 11) is 0. The number of rotatable bonds is 0. The topological polar surface area (TPSA) is 9.23 Å². The number of para-hydroxylation sites is 2. The molecule has 0 saturated heterocycles. The van der Waals surface area contributed by atoms with Crippen molar-refractivity contribution in [3.8, 4) is 11.5 Å². The first-order valence-corrected chi connectivity index (χ1v) is 5.29. The van der Waals surface area contributed by atoms with Crippen molar-refractivity contribution in [2.75, 3.05) is 0 Å². The molecule has 0 N–H and O–H groups in total. The van der Waals surface area contributed by atoms with Crippen LogP contribution in [0.15, 0.2) is 58.3 Å². The van der Waals surface area contributed by atoms with Crippen molar-refractivity contribution in [3.05, 3.63) is 48.5 Å². The molecule has 2 aromatic carbocycles. The minimum Gasteiger partial charge on any atom is -0.446 e. The number of hydrogen-bond donors (Lipinski definition) is 0. The van der Waals surface area contributed by atoms with Crippen LogP contribution in [0, 0.1) is 0 Å². The molecule has 2 aromatic rings. The fourth-order valence-electron chi connectivity index (χ4n) is 1.47. The molecule has 1 aliphatic heterocycles. The average molecular weight is 200 g/mol. The smallest absolute Gasteiger partial charge is 0.292 e. The minimum absolute atomic E-state index is 0.955. The monoisotopic (exact) mass is 200 g/mol. The Labute approximate surface area is 86.7 Å². The Morgan fingerprint density at radius 1 is 0.714 bits per heavy atom. The SMILES string of the molecule is c1ccc2c(c1)Oc1ccccc1[S+]2.